The smallest absolute Gasteiger partial charge is 0.269 e. The maximum atomic E-state index is 12.4. The third-order valence-electron chi connectivity index (χ3n) is 4.96. The van der Waals surface area contributed by atoms with Crippen molar-refractivity contribution in [3.63, 3.8) is 0 Å². The fourth-order valence-corrected chi connectivity index (χ4v) is 3.26. The molecule has 1 unspecified atom stereocenters. The van der Waals surface area contributed by atoms with E-state index in [0.29, 0.717) is 31.0 Å². The quantitative estimate of drug-likeness (QED) is 0.518. The van der Waals surface area contributed by atoms with Gasteiger partial charge in [0.05, 0.1) is 12.5 Å². The van der Waals surface area contributed by atoms with E-state index in [-0.39, 0.29) is 18.2 Å². The summed E-state index contributed by atoms with van der Waals surface area (Å²) in [7, 11) is 0. The number of amides is 3. The van der Waals surface area contributed by atoms with Gasteiger partial charge in [0.2, 0.25) is 11.8 Å². The summed E-state index contributed by atoms with van der Waals surface area (Å²) < 4.78 is 5.61. The Kier molecular flexibility index (Phi) is 7.43. The van der Waals surface area contributed by atoms with Gasteiger partial charge in [-0.2, -0.15) is 0 Å². The van der Waals surface area contributed by atoms with Crippen LogP contribution in [0, 0.1) is 5.92 Å². The number of hydrogen-bond acceptors (Lipinski definition) is 4. The molecule has 7 heteroatoms. The average molecular weight is 409 g/mol. The van der Waals surface area contributed by atoms with E-state index in [9.17, 15) is 14.4 Å². The average Bonchev–Trinajstić information content (AvgIpc) is 3.13. The minimum Gasteiger partial charge on any atom is -0.494 e. The topological polar surface area (TPSA) is 87.7 Å². The van der Waals surface area contributed by atoms with Gasteiger partial charge in [-0.15, -0.1) is 0 Å². The van der Waals surface area contributed by atoms with Gasteiger partial charge in [0.25, 0.3) is 5.91 Å². The zero-order valence-corrected chi connectivity index (χ0v) is 17.1. The summed E-state index contributed by atoms with van der Waals surface area (Å²) >= 11 is 0. The molecule has 2 aromatic carbocycles. The molecule has 2 aromatic rings. The van der Waals surface area contributed by atoms with Crippen LogP contribution in [0.3, 0.4) is 0 Å². The minimum atomic E-state index is -0.495. The predicted octanol–water partition coefficient (Wildman–Crippen LogP) is 2.68. The number of benzene rings is 2. The second-order valence-electron chi connectivity index (χ2n) is 7.33. The van der Waals surface area contributed by atoms with Gasteiger partial charge in [-0.05, 0) is 30.2 Å². The Hall–Kier alpha value is -3.35. The molecule has 0 aliphatic carbocycles. The van der Waals surface area contributed by atoms with Crippen molar-refractivity contribution in [2.75, 3.05) is 13.2 Å². The van der Waals surface area contributed by atoms with Crippen LogP contribution in [0.4, 0.5) is 0 Å². The zero-order valence-electron chi connectivity index (χ0n) is 17.1. The van der Waals surface area contributed by atoms with Crippen LogP contribution in [0.2, 0.25) is 0 Å². The van der Waals surface area contributed by atoms with Crippen molar-refractivity contribution in [3.05, 3.63) is 65.7 Å². The SMILES string of the molecule is CCCCOc1cccc(C(=O)NNC(=O)C2CC(=O)N(Cc3ccccc3)C2)c1. The van der Waals surface area contributed by atoms with Gasteiger partial charge in [0.1, 0.15) is 5.75 Å². The molecular weight excluding hydrogens is 382 g/mol. The molecule has 0 spiro atoms. The summed E-state index contributed by atoms with van der Waals surface area (Å²) in [6.45, 7) is 3.47. The first-order chi connectivity index (χ1) is 14.6. The molecule has 0 saturated carbocycles. The van der Waals surface area contributed by atoms with Crippen molar-refractivity contribution in [2.45, 2.75) is 32.7 Å². The van der Waals surface area contributed by atoms with Gasteiger partial charge in [0, 0.05) is 25.1 Å². The maximum absolute atomic E-state index is 12.4. The normalized spacial score (nSPS) is 15.7. The van der Waals surface area contributed by atoms with Crippen LogP contribution in [-0.4, -0.2) is 35.8 Å². The lowest BCUT2D eigenvalue weighted by atomic mass is 10.1. The van der Waals surface area contributed by atoms with Crippen molar-refractivity contribution in [2.24, 2.45) is 5.92 Å². The van der Waals surface area contributed by atoms with Gasteiger partial charge in [-0.25, -0.2) is 0 Å². The Morgan fingerprint density at radius 2 is 1.90 bits per heavy atom. The highest BCUT2D eigenvalue weighted by atomic mass is 16.5. The number of hydrogen-bond donors (Lipinski definition) is 2. The Balaban J connectivity index is 1.49. The Morgan fingerprint density at radius 1 is 1.10 bits per heavy atom. The third kappa shape index (κ3) is 5.83. The number of ether oxygens (including phenoxy) is 1. The fraction of sp³-hybridized carbons (Fsp3) is 0.348. The van der Waals surface area contributed by atoms with E-state index in [0.717, 1.165) is 18.4 Å². The summed E-state index contributed by atoms with van der Waals surface area (Å²) in [6, 6.07) is 16.4. The van der Waals surface area contributed by atoms with Crippen molar-refractivity contribution < 1.29 is 19.1 Å². The number of likely N-dealkylation sites (tertiary alicyclic amines) is 1. The summed E-state index contributed by atoms with van der Waals surface area (Å²) in [5, 5.41) is 0. The van der Waals surface area contributed by atoms with Crippen LogP contribution in [0.25, 0.3) is 0 Å². The molecule has 1 heterocycles. The van der Waals surface area contributed by atoms with Gasteiger partial charge in [-0.3, -0.25) is 25.2 Å². The third-order valence-corrected chi connectivity index (χ3v) is 4.96. The maximum Gasteiger partial charge on any atom is 0.269 e. The van der Waals surface area contributed by atoms with E-state index in [2.05, 4.69) is 17.8 Å². The number of unbranched alkanes of at least 4 members (excludes halogenated alkanes) is 1. The van der Waals surface area contributed by atoms with Crippen LogP contribution in [0.15, 0.2) is 54.6 Å². The summed E-state index contributed by atoms with van der Waals surface area (Å²) in [5.41, 5.74) is 6.27. The first-order valence-corrected chi connectivity index (χ1v) is 10.2. The molecular formula is C23H27N3O4. The van der Waals surface area contributed by atoms with E-state index in [1.807, 2.05) is 30.3 Å². The van der Waals surface area contributed by atoms with E-state index >= 15 is 0 Å². The van der Waals surface area contributed by atoms with Crippen LogP contribution in [-0.2, 0) is 16.1 Å². The number of hydrazine groups is 1. The first kappa shape index (κ1) is 21.4. The Labute approximate surface area is 176 Å². The molecule has 1 aliphatic rings. The Morgan fingerprint density at radius 3 is 2.67 bits per heavy atom. The Bertz CT molecular complexity index is 885. The number of nitrogens with zero attached hydrogens (tertiary/aromatic N) is 1. The second kappa shape index (κ2) is 10.4. The highest BCUT2D eigenvalue weighted by Gasteiger charge is 2.34. The van der Waals surface area contributed by atoms with Gasteiger partial charge < -0.3 is 9.64 Å². The molecule has 30 heavy (non-hydrogen) atoms. The van der Waals surface area contributed by atoms with E-state index in [1.165, 1.54) is 0 Å². The number of carbonyl (C=O) groups is 3. The summed E-state index contributed by atoms with van der Waals surface area (Å²) in [6.07, 6.45) is 2.10. The lowest BCUT2D eigenvalue weighted by Gasteiger charge is -2.16. The first-order valence-electron chi connectivity index (χ1n) is 10.2. The summed E-state index contributed by atoms with van der Waals surface area (Å²) in [4.78, 5) is 38.7. The zero-order chi connectivity index (χ0) is 21.3. The molecule has 0 bridgehead atoms. The fourth-order valence-electron chi connectivity index (χ4n) is 3.26. The molecule has 0 aromatic heterocycles. The van der Waals surface area contributed by atoms with Crippen molar-refractivity contribution >= 4 is 17.7 Å². The molecule has 1 fully saturated rings. The van der Waals surface area contributed by atoms with Gasteiger partial charge in [-0.1, -0.05) is 49.7 Å². The number of carbonyl (C=O) groups excluding carboxylic acids is 3. The van der Waals surface area contributed by atoms with Gasteiger partial charge >= 0.3 is 0 Å². The molecule has 2 N–H and O–H groups in total. The van der Waals surface area contributed by atoms with E-state index in [1.54, 1.807) is 29.2 Å². The van der Waals surface area contributed by atoms with Gasteiger partial charge in [0.15, 0.2) is 0 Å². The highest BCUT2D eigenvalue weighted by molar-refractivity contribution is 5.96. The van der Waals surface area contributed by atoms with E-state index < -0.39 is 11.8 Å². The standard InChI is InChI=1S/C23H27N3O4/c1-2-3-12-30-20-11-7-10-18(13-20)22(28)24-25-23(29)19-14-21(27)26(16-19)15-17-8-5-4-6-9-17/h4-11,13,19H,2-3,12,14-16H2,1H3,(H,24,28)(H,25,29). The monoisotopic (exact) mass is 409 g/mol. The molecule has 1 atom stereocenters. The lowest BCUT2D eigenvalue weighted by Crippen LogP contribution is -2.45. The minimum absolute atomic E-state index is 0.0674. The lowest BCUT2D eigenvalue weighted by molar-refractivity contribution is -0.129. The van der Waals surface area contributed by atoms with Crippen molar-refractivity contribution in [3.8, 4) is 5.75 Å². The van der Waals surface area contributed by atoms with Crippen molar-refractivity contribution in [1.82, 2.24) is 15.8 Å². The predicted molar refractivity (Wildman–Crippen MR) is 112 cm³/mol. The molecule has 7 nitrogen and oxygen atoms in total. The van der Waals surface area contributed by atoms with Crippen LogP contribution in [0.5, 0.6) is 5.75 Å². The second-order valence-corrected chi connectivity index (χ2v) is 7.33. The number of rotatable bonds is 8. The molecule has 158 valence electrons. The molecule has 1 saturated heterocycles. The highest BCUT2D eigenvalue weighted by Crippen LogP contribution is 2.20. The van der Waals surface area contributed by atoms with Crippen LogP contribution < -0.4 is 15.6 Å². The van der Waals surface area contributed by atoms with Crippen molar-refractivity contribution in [1.29, 1.82) is 0 Å². The summed E-state index contributed by atoms with van der Waals surface area (Å²) in [5.74, 6) is -0.759. The molecule has 0 radical (unpaired) electrons. The molecule has 3 amide bonds. The molecule has 1 aliphatic heterocycles. The molecule has 3 rings (SSSR count). The van der Waals surface area contributed by atoms with Crippen LogP contribution in [0.1, 0.15) is 42.1 Å². The largest absolute Gasteiger partial charge is 0.494 e. The van der Waals surface area contributed by atoms with Crippen LogP contribution >= 0.6 is 0 Å². The number of nitrogens with one attached hydrogen (secondary N) is 2. The van der Waals surface area contributed by atoms with E-state index in [4.69, 9.17) is 4.74 Å².